The minimum absolute atomic E-state index is 0.173. The zero-order chi connectivity index (χ0) is 9.31. The van der Waals surface area contributed by atoms with Crippen LogP contribution in [0.3, 0.4) is 0 Å². The topological polar surface area (TPSA) is 51.8 Å². The first-order chi connectivity index (χ1) is 6.27. The molecule has 2 rings (SSSR count). The lowest BCUT2D eigenvalue weighted by Gasteiger charge is -2.23. The molecule has 0 unspecified atom stereocenters. The smallest absolute Gasteiger partial charge is 0.139 e. The lowest BCUT2D eigenvalue weighted by atomic mass is 9.87. The van der Waals surface area contributed by atoms with Crippen molar-refractivity contribution in [1.29, 1.82) is 0 Å². The van der Waals surface area contributed by atoms with Gasteiger partial charge in [0.15, 0.2) is 0 Å². The van der Waals surface area contributed by atoms with Crippen LogP contribution in [0.4, 0.5) is 0 Å². The van der Waals surface area contributed by atoms with Crippen molar-refractivity contribution in [2.45, 2.75) is 38.0 Å². The van der Waals surface area contributed by atoms with Crippen LogP contribution >= 0.6 is 11.5 Å². The molecule has 2 N–H and O–H groups in total. The van der Waals surface area contributed by atoms with E-state index in [1.54, 1.807) is 0 Å². The van der Waals surface area contributed by atoms with Crippen molar-refractivity contribution in [2.24, 2.45) is 5.73 Å². The summed E-state index contributed by atoms with van der Waals surface area (Å²) in [4.78, 5) is 4.46. The molecule has 1 aromatic rings. The van der Waals surface area contributed by atoms with Crippen LogP contribution in [0.2, 0.25) is 0 Å². The summed E-state index contributed by atoms with van der Waals surface area (Å²) in [5.41, 5.74) is 6.02. The molecular weight excluding hydrogens is 182 g/mol. The van der Waals surface area contributed by atoms with Gasteiger partial charge in [-0.2, -0.15) is 4.37 Å². The Hall–Kier alpha value is -0.480. The Morgan fingerprint density at radius 3 is 2.62 bits per heavy atom. The van der Waals surface area contributed by atoms with Crippen molar-refractivity contribution in [3.05, 3.63) is 10.8 Å². The van der Waals surface area contributed by atoms with Crippen LogP contribution in [-0.2, 0) is 5.41 Å². The first-order valence-corrected chi connectivity index (χ1v) is 5.55. The zero-order valence-corrected chi connectivity index (χ0v) is 8.73. The molecule has 0 spiro atoms. The summed E-state index contributed by atoms with van der Waals surface area (Å²) in [6, 6.07) is 0. The molecular formula is C9H15N3S. The standard InChI is InChI=1S/C9H15N3S/c1-7-11-8(13-12-7)9(6-10)4-2-3-5-9/h2-6,10H2,1H3. The predicted molar refractivity (Wildman–Crippen MR) is 53.8 cm³/mol. The van der Waals surface area contributed by atoms with Gasteiger partial charge in [0, 0.05) is 12.0 Å². The number of hydrogen-bond donors (Lipinski definition) is 1. The van der Waals surface area contributed by atoms with Gasteiger partial charge in [0.1, 0.15) is 10.8 Å². The Kier molecular flexibility index (Phi) is 2.34. The molecule has 0 radical (unpaired) electrons. The fourth-order valence-corrected chi connectivity index (χ4v) is 2.98. The molecule has 0 amide bonds. The van der Waals surface area contributed by atoms with Gasteiger partial charge in [-0.25, -0.2) is 4.98 Å². The van der Waals surface area contributed by atoms with Gasteiger partial charge in [-0.3, -0.25) is 0 Å². The average molecular weight is 197 g/mol. The van der Waals surface area contributed by atoms with Gasteiger partial charge in [-0.1, -0.05) is 12.8 Å². The molecule has 1 fully saturated rings. The second-order valence-corrected chi connectivity index (χ2v) is 4.59. The van der Waals surface area contributed by atoms with E-state index >= 15 is 0 Å². The van der Waals surface area contributed by atoms with E-state index in [9.17, 15) is 0 Å². The molecule has 1 aliphatic rings. The molecule has 0 aromatic carbocycles. The second kappa shape index (κ2) is 3.35. The third-order valence-electron chi connectivity index (χ3n) is 2.93. The molecule has 1 heterocycles. The Morgan fingerprint density at radius 1 is 1.46 bits per heavy atom. The number of aromatic nitrogens is 2. The summed E-state index contributed by atoms with van der Waals surface area (Å²) in [6.45, 7) is 2.67. The molecule has 4 heteroatoms. The average Bonchev–Trinajstić information content (AvgIpc) is 2.73. The number of rotatable bonds is 2. The first kappa shape index (κ1) is 9.09. The maximum absolute atomic E-state index is 5.85. The van der Waals surface area contributed by atoms with Crippen LogP contribution in [-0.4, -0.2) is 15.9 Å². The van der Waals surface area contributed by atoms with Crippen LogP contribution in [0.1, 0.15) is 36.5 Å². The largest absolute Gasteiger partial charge is 0.329 e. The van der Waals surface area contributed by atoms with Crippen molar-refractivity contribution in [1.82, 2.24) is 9.36 Å². The molecule has 1 saturated carbocycles. The number of nitrogens with zero attached hydrogens (tertiary/aromatic N) is 2. The monoisotopic (exact) mass is 197 g/mol. The third kappa shape index (κ3) is 1.48. The van der Waals surface area contributed by atoms with Crippen LogP contribution in [0, 0.1) is 6.92 Å². The maximum Gasteiger partial charge on any atom is 0.139 e. The van der Waals surface area contributed by atoms with Gasteiger partial charge < -0.3 is 5.73 Å². The predicted octanol–water partition coefficient (Wildman–Crippen LogP) is 1.62. The highest BCUT2D eigenvalue weighted by molar-refractivity contribution is 7.05. The molecule has 0 bridgehead atoms. The minimum atomic E-state index is 0.173. The summed E-state index contributed by atoms with van der Waals surface area (Å²) in [7, 11) is 0. The highest BCUT2D eigenvalue weighted by Crippen LogP contribution is 2.40. The Morgan fingerprint density at radius 2 is 2.15 bits per heavy atom. The second-order valence-electron chi connectivity index (χ2n) is 3.84. The van der Waals surface area contributed by atoms with E-state index < -0.39 is 0 Å². The molecule has 13 heavy (non-hydrogen) atoms. The van der Waals surface area contributed by atoms with E-state index in [1.807, 2.05) is 6.92 Å². The summed E-state index contributed by atoms with van der Waals surface area (Å²) >= 11 is 1.53. The highest BCUT2D eigenvalue weighted by Gasteiger charge is 2.37. The van der Waals surface area contributed by atoms with Gasteiger partial charge in [0.05, 0.1) is 0 Å². The molecule has 72 valence electrons. The lowest BCUT2D eigenvalue weighted by Crippen LogP contribution is -2.31. The lowest BCUT2D eigenvalue weighted by molar-refractivity contribution is 0.450. The van der Waals surface area contributed by atoms with Crippen LogP contribution in [0.15, 0.2) is 0 Å². The summed E-state index contributed by atoms with van der Waals surface area (Å²) < 4.78 is 4.23. The van der Waals surface area contributed by atoms with Crippen molar-refractivity contribution in [3.8, 4) is 0 Å². The van der Waals surface area contributed by atoms with Crippen molar-refractivity contribution in [2.75, 3.05) is 6.54 Å². The van der Waals surface area contributed by atoms with Crippen molar-refractivity contribution < 1.29 is 0 Å². The summed E-state index contributed by atoms with van der Waals surface area (Å²) in [5.74, 6) is 0.889. The number of aryl methyl sites for hydroxylation is 1. The molecule has 1 aliphatic carbocycles. The maximum atomic E-state index is 5.85. The van der Waals surface area contributed by atoms with E-state index in [-0.39, 0.29) is 5.41 Å². The fourth-order valence-electron chi connectivity index (χ4n) is 2.07. The van der Waals surface area contributed by atoms with Gasteiger partial charge in [-0.15, -0.1) is 0 Å². The van der Waals surface area contributed by atoms with E-state index in [2.05, 4.69) is 9.36 Å². The van der Waals surface area contributed by atoms with E-state index in [0.717, 1.165) is 17.4 Å². The molecule has 3 nitrogen and oxygen atoms in total. The van der Waals surface area contributed by atoms with Gasteiger partial charge in [0.2, 0.25) is 0 Å². The molecule has 1 aromatic heterocycles. The first-order valence-electron chi connectivity index (χ1n) is 4.78. The zero-order valence-electron chi connectivity index (χ0n) is 7.92. The highest BCUT2D eigenvalue weighted by atomic mass is 32.1. The van der Waals surface area contributed by atoms with Gasteiger partial charge >= 0.3 is 0 Å². The van der Waals surface area contributed by atoms with Crippen LogP contribution in [0.25, 0.3) is 0 Å². The summed E-state index contributed by atoms with van der Waals surface area (Å²) in [6.07, 6.45) is 4.96. The Bertz CT molecular complexity index is 289. The van der Waals surface area contributed by atoms with E-state index in [1.165, 1.54) is 37.2 Å². The molecule has 0 saturated heterocycles. The van der Waals surface area contributed by atoms with Crippen LogP contribution in [0.5, 0.6) is 0 Å². The normalized spacial score (nSPS) is 20.8. The summed E-state index contributed by atoms with van der Waals surface area (Å²) in [5, 5.41) is 1.16. The van der Waals surface area contributed by atoms with Crippen molar-refractivity contribution in [3.63, 3.8) is 0 Å². The SMILES string of the molecule is Cc1nsc(C2(CN)CCCC2)n1. The van der Waals surface area contributed by atoms with Crippen LogP contribution < -0.4 is 5.73 Å². The Labute approximate surface area is 82.5 Å². The quantitative estimate of drug-likeness (QED) is 0.783. The minimum Gasteiger partial charge on any atom is -0.329 e. The van der Waals surface area contributed by atoms with Crippen molar-refractivity contribution >= 4 is 11.5 Å². The number of hydrogen-bond acceptors (Lipinski definition) is 4. The van der Waals surface area contributed by atoms with E-state index in [0.29, 0.717) is 0 Å². The Balaban J connectivity index is 2.30. The van der Waals surface area contributed by atoms with E-state index in [4.69, 9.17) is 5.73 Å². The van der Waals surface area contributed by atoms with Gasteiger partial charge in [0.25, 0.3) is 0 Å². The molecule has 0 aliphatic heterocycles. The molecule has 0 atom stereocenters. The third-order valence-corrected chi connectivity index (χ3v) is 3.99. The number of nitrogens with two attached hydrogens (primary N) is 1. The van der Waals surface area contributed by atoms with Gasteiger partial charge in [-0.05, 0) is 31.3 Å². The fraction of sp³-hybridized carbons (Fsp3) is 0.778.